The van der Waals surface area contributed by atoms with Gasteiger partial charge in [0.25, 0.3) is 0 Å². The monoisotopic (exact) mass is 218 g/mol. The van der Waals surface area contributed by atoms with Gasteiger partial charge in [-0.25, -0.2) is 0 Å². The Morgan fingerprint density at radius 1 is 1.38 bits per heavy atom. The Kier molecular flexibility index (Phi) is 3.25. The maximum Gasteiger partial charge on any atom is 0.241 e. The Hall–Kier alpha value is -1.35. The van der Waals surface area contributed by atoms with Crippen molar-refractivity contribution < 1.29 is 4.79 Å². The van der Waals surface area contributed by atoms with Crippen molar-refractivity contribution >= 4 is 11.6 Å². The molecule has 0 saturated heterocycles. The van der Waals surface area contributed by atoms with E-state index in [1.165, 1.54) is 6.42 Å². The highest BCUT2D eigenvalue weighted by Gasteiger charge is 2.34. The summed E-state index contributed by atoms with van der Waals surface area (Å²) in [6.07, 6.45) is 1.18. The van der Waals surface area contributed by atoms with Gasteiger partial charge >= 0.3 is 0 Å². The van der Waals surface area contributed by atoms with Gasteiger partial charge in [0.15, 0.2) is 0 Å². The lowest BCUT2D eigenvalue weighted by atomic mass is 10.2. The van der Waals surface area contributed by atoms with Crippen LogP contribution in [-0.4, -0.2) is 18.0 Å². The molecule has 1 aromatic rings. The first-order valence-electron chi connectivity index (χ1n) is 5.79. The van der Waals surface area contributed by atoms with Gasteiger partial charge in [-0.1, -0.05) is 25.1 Å². The van der Waals surface area contributed by atoms with Crippen molar-refractivity contribution in [3.05, 3.63) is 30.3 Å². The predicted molar refractivity (Wildman–Crippen MR) is 65.2 cm³/mol. The van der Waals surface area contributed by atoms with Gasteiger partial charge < -0.3 is 10.6 Å². The molecule has 1 fully saturated rings. The normalized spacial score (nSPS) is 24.9. The van der Waals surface area contributed by atoms with Gasteiger partial charge in [-0.05, 0) is 31.4 Å². The molecule has 1 amide bonds. The van der Waals surface area contributed by atoms with Crippen LogP contribution in [0.2, 0.25) is 0 Å². The highest BCUT2D eigenvalue weighted by atomic mass is 16.2. The van der Waals surface area contributed by atoms with Crippen LogP contribution in [0.15, 0.2) is 30.3 Å². The fourth-order valence-corrected chi connectivity index (χ4v) is 1.72. The molecular weight excluding hydrogens is 200 g/mol. The summed E-state index contributed by atoms with van der Waals surface area (Å²) in [5.74, 6) is 0.747. The first-order valence-corrected chi connectivity index (χ1v) is 5.79. The molecule has 86 valence electrons. The Morgan fingerprint density at radius 3 is 2.56 bits per heavy atom. The molecule has 2 rings (SSSR count). The minimum atomic E-state index is -0.129. The van der Waals surface area contributed by atoms with E-state index >= 15 is 0 Å². The third-order valence-corrected chi connectivity index (χ3v) is 3.01. The molecule has 1 aliphatic rings. The zero-order chi connectivity index (χ0) is 11.5. The number of rotatable bonds is 4. The fourth-order valence-electron chi connectivity index (χ4n) is 1.72. The number of carbonyl (C=O) groups excluding carboxylic acids is 1. The van der Waals surface area contributed by atoms with E-state index in [2.05, 4.69) is 17.6 Å². The van der Waals surface area contributed by atoms with Crippen LogP contribution in [0.4, 0.5) is 5.69 Å². The third-order valence-electron chi connectivity index (χ3n) is 3.01. The van der Waals surface area contributed by atoms with Gasteiger partial charge in [-0.2, -0.15) is 0 Å². The Bertz CT molecular complexity index is 363. The smallest absolute Gasteiger partial charge is 0.241 e. The number of hydrogen-bond acceptors (Lipinski definition) is 2. The molecule has 3 unspecified atom stereocenters. The van der Waals surface area contributed by atoms with Crippen LogP contribution < -0.4 is 10.6 Å². The Morgan fingerprint density at radius 2 is 2.00 bits per heavy atom. The minimum Gasteiger partial charge on any atom is -0.325 e. The number of amides is 1. The quantitative estimate of drug-likeness (QED) is 0.811. The number of benzene rings is 1. The van der Waals surface area contributed by atoms with Crippen molar-refractivity contribution in [3.8, 4) is 0 Å². The van der Waals surface area contributed by atoms with Crippen LogP contribution in [-0.2, 0) is 4.79 Å². The second-order valence-corrected chi connectivity index (χ2v) is 4.56. The molecule has 1 saturated carbocycles. The zero-order valence-electron chi connectivity index (χ0n) is 9.73. The molecule has 0 bridgehead atoms. The summed E-state index contributed by atoms with van der Waals surface area (Å²) in [6.45, 7) is 4.10. The van der Waals surface area contributed by atoms with Gasteiger partial charge in [0.1, 0.15) is 0 Å². The highest BCUT2D eigenvalue weighted by Crippen LogP contribution is 2.29. The average molecular weight is 218 g/mol. The lowest BCUT2D eigenvalue weighted by Gasteiger charge is -2.13. The number of para-hydroxylation sites is 1. The van der Waals surface area contributed by atoms with E-state index in [4.69, 9.17) is 0 Å². The number of nitrogens with one attached hydrogen (secondary N) is 2. The van der Waals surface area contributed by atoms with Crippen molar-refractivity contribution in [2.45, 2.75) is 32.4 Å². The van der Waals surface area contributed by atoms with Gasteiger partial charge in [-0.15, -0.1) is 0 Å². The molecule has 1 aliphatic carbocycles. The summed E-state index contributed by atoms with van der Waals surface area (Å²) in [7, 11) is 0. The van der Waals surface area contributed by atoms with Gasteiger partial charge in [-0.3, -0.25) is 4.79 Å². The fraction of sp³-hybridized carbons (Fsp3) is 0.462. The van der Waals surface area contributed by atoms with Crippen LogP contribution in [0.25, 0.3) is 0 Å². The maximum absolute atomic E-state index is 11.8. The van der Waals surface area contributed by atoms with Crippen LogP contribution in [0.1, 0.15) is 20.3 Å². The molecule has 0 radical (unpaired) electrons. The molecular formula is C13H18N2O. The predicted octanol–water partition coefficient (Wildman–Crippen LogP) is 2.01. The number of carbonyl (C=O) groups is 1. The van der Waals surface area contributed by atoms with E-state index in [0.29, 0.717) is 12.0 Å². The van der Waals surface area contributed by atoms with Crippen molar-refractivity contribution in [1.29, 1.82) is 0 Å². The summed E-state index contributed by atoms with van der Waals surface area (Å²) in [5.41, 5.74) is 0.852. The first kappa shape index (κ1) is 11.1. The van der Waals surface area contributed by atoms with Crippen LogP contribution in [0.3, 0.4) is 0 Å². The number of hydrogen-bond donors (Lipinski definition) is 2. The van der Waals surface area contributed by atoms with Crippen LogP contribution in [0.5, 0.6) is 0 Å². The lowest BCUT2D eigenvalue weighted by molar-refractivity contribution is -0.117. The maximum atomic E-state index is 11.8. The minimum absolute atomic E-state index is 0.0327. The first-order chi connectivity index (χ1) is 7.66. The van der Waals surface area contributed by atoms with Crippen molar-refractivity contribution in [1.82, 2.24) is 5.32 Å². The summed E-state index contributed by atoms with van der Waals surface area (Å²) in [5, 5.41) is 6.20. The van der Waals surface area contributed by atoms with E-state index in [9.17, 15) is 4.79 Å². The summed E-state index contributed by atoms with van der Waals surface area (Å²) < 4.78 is 0. The SMILES string of the molecule is CC(NC1CC1C)C(=O)Nc1ccccc1. The molecule has 3 heteroatoms. The molecule has 3 nitrogen and oxygen atoms in total. The van der Waals surface area contributed by atoms with E-state index in [0.717, 1.165) is 5.69 Å². The van der Waals surface area contributed by atoms with E-state index in [1.807, 2.05) is 37.3 Å². The van der Waals surface area contributed by atoms with E-state index in [-0.39, 0.29) is 11.9 Å². The zero-order valence-corrected chi connectivity index (χ0v) is 9.73. The summed E-state index contributed by atoms with van der Waals surface area (Å²) in [6, 6.07) is 9.94. The standard InChI is InChI=1S/C13H18N2O/c1-9-8-12(9)14-10(2)13(16)15-11-6-4-3-5-7-11/h3-7,9-10,12,14H,8H2,1-2H3,(H,15,16). The average Bonchev–Trinajstić information content (AvgIpc) is 2.95. The summed E-state index contributed by atoms with van der Waals surface area (Å²) >= 11 is 0. The molecule has 0 spiro atoms. The molecule has 16 heavy (non-hydrogen) atoms. The highest BCUT2D eigenvalue weighted by molar-refractivity contribution is 5.94. The van der Waals surface area contributed by atoms with Crippen molar-refractivity contribution in [2.75, 3.05) is 5.32 Å². The molecule has 2 N–H and O–H groups in total. The second-order valence-electron chi connectivity index (χ2n) is 4.56. The van der Waals surface area contributed by atoms with Gasteiger partial charge in [0.05, 0.1) is 6.04 Å². The molecule has 0 aliphatic heterocycles. The van der Waals surface area contributed by atoms with Crippen LogP contribution in [0, 0.1) is 5.92 Å². The van der Waals surface area contributed by atoms with E-state index < -0.39 is 0 Å². The third kappa shape index (κ3) is 2.83. The van der Waals surface area contributed by atoms with Gasteiger partial charge in [0, 0.05) is 11.7 Å². The topological polar surface area (TPSA) is 41.1 Å². The Labute approximate surface area is 96.2 Å². The van der Waals surface area contributed by atoms with Crippen molar-refractivity contribution in [3.63, 3.8) is 0 Å². The molecule has 1 aromatic carbocycles. The summed E-state index contributed by atoms with van der Waals surface area (Å²) in [4.78, 5) is 11.8. The molecule has 0 aromatic heterocycles. The second kappa shape index (κ2) is 4.66. The molecule has 0 heterocycles. The van der Waals surface area contributed by atoms with Crippen LogP contribution >= 0.6 is 0 Å². The number of anilines is 1. The molecule has 3 atom stereocenters. The van der Waals surface area contributed by atoms with E-state index in [1.54, 1.807) is 0 Å². The Balaban J connectivity index is 1.83. The van der Waals surface area contributed by atoms with Gasteiger partial charge in [0.2, 0.25) is 5.91 Å². The van der Waals surface area contributed by atoms with Crippen molar-refractivity contribution in [2.24, 2.45) is 5.92 Å². The largest absolute Gasteiger partial charge is 0.325 e. The lowest BCUT2D eigenvalue weighted by Crippen LogP contribution is -2.39.